The van der Waals surface area contributed by atoms with Crippen molar-refractivity contribution in [2.75, 3.05) is 0 Å². The molecule has 0 aromatic heterocycles. The second-order valence-corrected chi connectivity index (χ2v) is 7.37. The van der Waals surface area contributed by atoms with Crippen molar-refractivity contribution in [1.29, 1.82) is 0 Å². The summed E-state index contributed by atoms with van der Waals surface area (Å²) in [5.74, 6) is -0.136. The average molecular weight is 334 g/mol. The molecule has 2 saturated heterocycles. The minimum Gasteiger partial charge on any atom is -0.432 e. The van der Waals surface area contributed by atoms with Crippen LogP contribution in [0.25, 0.3) is 0 Å². The van der Waals surface area contributed by atoms with Gasteiger partial charge in [-0.05, 0) is 59.8 Å². The number of hydrogen-bond acceptors (Lipinski definition) is 4. The van der Waals surface area contributed by atoms with E-state index in [1.165, 1.54) is 11.1 Å². The highest BCUT2D eigenvalue weighted by Gasteiger charge is 2.65. The first-order valence-electron chi connectivity index (χ1n) is 8.82. The molecule has 134 valence electrons. The third-order valence-electron chi connectivity index (χ3n) is 4.54. The van der Waals surface area contributed by atoms with Crippen LogP contribution in [-0.4, -0.2) is 29.1 Å². The van der Waals surface area contributed by atoms with Gasteiger partial charge < -0.3 is 14.6 Å². The van der Waals surface area contributed by atoms with Crippen LogP contribution in [-0.2, 0) is 14.3 Å². The van der Waals surface area contributed by atoms with Crippen LogP contribution in [0.1, 0.15) is 66.2 Å². The molecule has 2 aliphatic rings. The van der Waals surface area contributed by atoms with Crippen molar-refractivity contribution in [3.8, 4) is 0 Å². The van der Waals surface area contributed by atoms with Crippen molar-refractivity contribution >= 4 is 5.97 Å². The van der Waals surface area contributed by atoms with E-state index in [1.807, 2.05) is 19.9 Å². The first-order valence-corrected chi connectivity index (χ1v) is 8.82. The summed E-state index contributed by atoms with van der Waals surface area (Å²) >= 11 is 0. The zero-order valence-electron chi connectivity index (χ0n) is 15.3. The standard InChI is InChI=1S/C20H30O4/c1-14(2)11-17(21)12-16(4)8-5-7-15(3)9-6-10-20-13-18(22)23-19(20)24-20/h8-9,11,17,19,21H,5-7,10,12-13H2,1-4H3. The number of esters is 1. The van der Waals surface area contributed by atoms with E-state index in [-0.39, 0.29) is 24.0 Å². The first kappa shape index (κ1) is 18.9. The Hall–Kier alpha value is -1.39. The van der Waals surface area contributed by atoms with E-state index in [2.05, 4.69) is 26.0 Å². The van der Waals surface area contributed by atoms with Gasteiger partial charge in [0.1, 0.15) is 5.60 Å². The molecule has 2 aliphatic heterocycles. The Bertz CT molecular complexity index is 554. The topological polar surface area (TPSA) is 59.1 Å². The van der Waals surface area contributed by atoms with E-state index in [1.54, 1.807) is 0 Å². The molecule has 0 radical (unpaired) electrons. The van der Waals surface area contributed by atoms with Crippen molar-refractivity contribution in [3.05, 3.63) is 34.9 Å². The quantitative estimate of drug-likeness (QED) is 0.390. The van der Waals surface area contributed by atoms with Crippen molar-refractivity contribution < 1.29 is 19.4 Å². The Balaban J connectivity index is 1.65. The summed E-state index contributed by atoms with van der Waals surface area (Å²) in [7, 11) is 0. The van der Waals surface area contributed by atoms with Crippen molar-refractivity contribution in [2.45, 2.75) is 84.2 Å². The van der Waals surface area contributed by atoms with Gasteiger partial charge in [0.05, 0.1) is 12.5 Å². The molecule has 0 aliphatic carbocycles. The fourth-order valence-electron chi connectivity index (χ4n) is 3.17. The van der Waals surface area contributed by atoms with Crippen LogP contribution in [0.3, 0.4) is 0 Å². The number of allylic oxidation sites excluding steroid dienone is 4. The summed E-state index contributed by atoms with van der Waals surface area (Å²) < 4.78 is 10.5. The predicted octanol–water partition coefficient (Wildman–Crippen LogP) is 4.20. The maximum Gasteiger partial charge on any atom is 0.311 e. The number of rotatable bonds is 9. The number of ether oxygens (including phenoxy) is 2. The highest BCUT2D eigenvalue weighted by Crippen LogP contribution is 2.49. The lowest BCUT2D eigenvalue weighted by Gasteiger charge is -2.07. The molecule has 4 heteroatoms. The third-order valence-corrected chi connectivity index (χ3v) is 4.54. The number of fused-ring (bicyclic) bond motifs is 1. The molecular weight excluding hydrogens is 304 g/mol. The number of aliphatic hydroxyl groups excluding tert-OH is 1. The molecule has 0 saturated carbocycles. The number of carbonyl (C=O) groups is 1. The molecule has 1 N–H and O–H groups in total. The molecule has 2 rings (SSSR count). The van der Waals surface area contributed by atoms with E-state index in [9.17, 15) is 9.90 Å². The summed E-state index contributed by atoms with van der Waals surface area (Å²) in [5, 5.41) is 9.89. The lowest BCUT2D eigenvalue weighted by molar-refractivity contribution is -0.147. The second kappa shape index (κ2) is 8.13. The van der Waals surface area contributed by atoms with Crippen LogP contribution in [0.5, 0.6) is 0 Å². The number of epoxide rings is 1. The van der Waals surface area contributed by atoms with Gasteiger partial charge in [0.25, 0.3) is 0 Å². The van der Waals surface area contributed by atoms with Crippen molar-refractivity contribution in [2.24, 2.45) is 0 Å². The minimum atomic E-state index is -0.384. The zero-order chi connectivity index (χ0) is 17.7. The van der Waals surface area contributed by atoms with E-state index in [4.69, 9.17) is 9.47 Å². The van der Waals surface area contributed by atoms with E-state index >= 15 is 0 Å². The smallest absolute Gasteiger partial charge is 0.311 e. The number of carbonyl (C=O) groups excluding carboxylic acids is 1. The van der Waals surface area contributed by atoms with Gasteiger partial charge in [0, 0.05) is 0 Å². The highest BCUT2D eigenvalue weighted by atomic mass is 16.8. The lowest BCUT2D eigenvalue weighted by atomic mass is 9.99. The molecule has 3 unspecified atom stereocenters. The normalized spacial score (nSPS) is 27.5. The van der Waals surface area contributed by atoms with Gasteiger partial charge in [-0.1, -0.05) is 34.9 Å². The zero-order valence-corrected chi connectivity index (χ0v) is 15.3. The average Bonchev–Trinajstić information content (AvgIpc) is 2.99. The summed E-state index contributed by atoms with van der Waals surface area (Å²) in [5.41, 5.74) is 3.40. The Morgan fingerprint density at radius 1 is 1.25 bits per heavy atom. The van der Waals surface area contributed by atoms with Crippen LogP contribution in [0, 0.1) is 0 Å². The Morgan fingerprint density at radius 2 is 1.96 bits per heavy atom. The summed E-state index contributed by atoms with van der Waals surface area (Å²) in [4.78, 5) is 11.2. The SMILES string of the molecule is CC(C)=CC(O)CC(C)=CCCC(C)=CCCC12CC(=O)OC1O2. The van der Waals surface area contributed by atoms with Gasteiger partial charge in [0.15, 0.2) is 0 Å². The molecule has 0 spiro atoms. The summed E-state index contributed by atoms with van der Waals surface area (Å²) in [6, 6.07) is 0. The van der Waals surface area contributed by atoms with Crippen LogP contribution in [0.15, 0.2) is 34.9 Å². The third kappa shape index (κ3) is 5.60. The van der Waals surface area contributed by atoms with Gasteiger partial charge in [-0.25, -0.2) is 0 Å². The number of hydrogen-bond donors (Lipinski definition) is 1. The maximum absolute atomic E-state index is 11.2. The van der Waals surface area contributed by atoms with Gasteiger partial charge in [-0.2, -0.15) is 0 Å². The van der Waals surface area contributed by atoms with Crippen molar-refractivity contribution in [1.82, 2.24) is 0 Å². The lowest BCUT2D eigenvalue weighted by Crippen LogP contribution is -2.10. The van der Waals surface area contributed by atoms with Crippen LogP contribution < -0.4 is 0 Å². The maximum atomic E-state index is 11.2. The molecule has 0 bridgehead atoms. The Labute approximate surface area is 145 Å². The molecular formula is C20H30O4. The number of aliphatic hydroxyl groups is 1. The van der Waals surface area contributed by atoms with Crippen LogP contribution in [0.2, 0.25) is 0 Å². The van der Waals surface area contributed by atoms with Gasteiger partial charge in [-0.3, -0.25) is 4.79 Å². The Kier molecular flexibility index (Phi) is 6.41. The van der Waals surface area contributed by atoms with E-state index < -0.39 is 0 Å². The van der Waals surface area contributed by atoms with Gasteiger partial charge in [0.2, 0.25) is 6.29 Å². The monoisotopic (exact) mass is 334 g/mol. The van der Waals surface area contributed by atoms with Crippen LogP contribution in [0.4, 0.5) is 0 Å². The molecule has 2 heterocycles. The van der Waals surface area contributed by atoms with Gasteiger partial charge in [-0.15, -0.1) is 0 Å². The molecule has 4 nitrogen and oxygen atoms in total. The fourth-order valence-corrected chi connectivity index (χ4v) is 3.17. The molecule has 2 fully saturated rings. The molecule has 0 aromatic rings. The molecule has 0 amide bonds. The minimum absolute atomic E-state index is 0.136. The van der Waals surface area contributed by atoms with E-state index in [0.29, 0.717) is 12.8 Å². The van der Waals surface area contributed by atoms with E-state index in [0.717, 1.165) is 31.3 Å². The van der Waals surface area contributed by atoms with Crippen LogP contribution >= 0.6 is 0 Å². The second-order valence-electron chi connectivity index (χ2n) is 7.37. The summed E-state index contributed by atoms with van der Waals surface area (Å²) in [6.45, 7) is 8.21. The Morgan fingerprint density at radius 3 is 2.58 bits per heavy atom. The molecule has 3 atom stereocenters. The molecule has 0 aromatic carbocycles. The largest absolute Gasteiger partial charge is 0.432 e. The highest BCUT2D eigenvalue weighted by molar-refractivity contribution is 5.74. The predicted molar refractivity (Wildman–Crippen MR) is 94.3 cm³/mol. The first-order chi connectivity index (χ1) is 11.3. The fraction of sp³-hybridized carbons (Fsp3) is 0.650. The van der Waals surface area contributed by atoms with Gasteiger partial charge >= 0.3 is 5.97 Å². The van der Waals surface area contributed by atoms with Crippen molar-refractivity contribution in [3.63, 3.8) is 0 Å². The molecule has 24 heavy (non-hydrogen) atoms. The summed E-state index contributed by atoms with van der Waals surface area (Å²) in [6.07, 6.45) is 10.5.